The van der Waals surface area contributed by atoms with Crippen molar-refractivity contribution in [2.45, 2.75) is 11.9 Å². The van der Waals surface area contributed by atoms with Crippen LogP contribution in [0.5, 0.6) is 0 Å². The number of amidine groups is 1. The number of nitrogens with one attached hydrogen (secondary N) is 2. The van der Waals surface area contributed by atoms with E-state index in [1.807, 2.05) is 0 Å². The van der Waals surface area contributed by atoms with Gasteiger partial charge in [0.15, 0.2) is 10.9 Å². The fraction of sp³-hybridized carbons (Fsp3) is 0.0909. The number of nitrogens with two attached hydrogens (primary N) is 1. The maximum Gasteiger partial charge on any atom is 0.279 e. The number of aromatic amines is 1. The quantitative estimate of drug-likeness (QED) is 0.286. The van der Waals surface area contributed by atoms with Gasteiger partial charge in [0.2, 0.25) is 0 Å². The Bertz CT molecular complexity index is 800. The zero-order valence-electron chi connectivity index (χ0n) is 10.8. The molecule has 0 unspecified atom stereocenters. The number of nitrogens with zero attached hydrogens (tertiary/aromatic N) is 2. The molecule has 0 radical (unpaired) electrons. The first-order chi connectivity index (χ1) is 9.83. The maximum absolute atomic E-state index is 13.2. The topological polar surface area (TPSA) is 133 Å². The van der Waals surface area contributed by atoms with Crippen LogP contribution >= 0.6 is 0 Å². The van der Waals surface area contributed by atoms with Gasteiger partial charge in [-0.25, -0.2) is 9.37 Å². The lowest BCUT2D eigenvalue weighted by molar-refractivity contribution is 0.318. The molecule has 21 heavy (non-hydrogen) atoms. The second kappa shape index (κ2) is 5.40. The lowest BCUT2D eigenvalue weighted by atomic mass is 10.1. The first kappa shape index (κ1) is 14.8. The highest BCUT2D eigenvalue weighted by molar-refractivity contribution is 7.92. The molecule has 0 atom stereocenters. The van der Waals surface area contributed by atoms with E-state index in [4.69, 9.17) is 10.9 Å². The second-order valence-corrected chi connectivity index (χ2v) is 5.76. The number of rotatable bonds is 4. The van der Waals surface area contributed by atoms with Crippen molar-refractivity contribution < 1.29 is 18.0 Å². The predicted molar refractivity (Wildman–Crippen MR) is 73.0 cm³/mol. The number of imidazole rings is 1. The van der Waals surface area contributed by atoms with Gasteiger partial charge in [-0.1, -0.05) is 5.16 Å². The molecule has 1 aromatic heterocycles. The van der Waals surface area contributed by atoms with E-state index in [1.54, 1.807) is 6.92 Å². The van der Waals surface area contributed by atoms with Gasteiger partial charge in [0.25, 0.3) is 10.0 Å². The Morgan fingerprint density at radius 3 is 2.81 bits per heavy atom. The van der Waals surface area contributed by atoms with Crippen molar-refractivity contribution in [3.05, 3.63) is 41.6 Å². The van der Waals surface area contributed by atoms with E-state index in [2.05, 4.69) is 19.8 Å². The van der Waals surface area contributed by atoms with Crippen LogP contribution in [0.15, 0.2) is 34.6 Å². The molecule has 2 aromatic rings. The number of hydrogen-bond donors (Lipinski definition) is 4. The van der Waals surface area contributed by atoms with Gasteiger partial charge in [0.05, 0.1) is 11.9 Å². The molecule has 5 N–H and O–H groups in total. The molecular formula is C11H12FN5O3S. The van der Waals surface area contributed by atoms with Crippen LogP contribution in [0.4, 0.5) is 10.1 Å². The Morgan fingerprint density at radius 1 is 1.52 bits per heavy atom. The monoisotopic (exact) mass is 313 g/mol. The molecule has 0 aliphatic rings. The SMILES string of the molecule is Cc1ncc(S(=O)(=O)Nc2ccc(F)cc2/C(N)=N/O)[nH]1. The molecule has 0 aliphatic carbocycles. The summed E-state index contributed by atoms with van der Waals surface area (Å²) >= 11 is 0. The van der Waals surface area contributed by atoms with Crippen molar-refractivity contribution in [2.24, 2.45) is 10.9 Å². The van der Waals surface area contributed by atoms with Gasteiger partial charge in [-0.2, -0.15) is 8.42 Å². The minimum absolute atomic E-state index is 0.0287. The number of H-pyrrole nitrogens is 1. The summed E-state index contributed by atoms with van der Waals surface area (Å²) in [5.74, 6) is -0.656. The third-order valence-corrected chi connectivity index (χ3v) is 3.85. The van der Waals surface area contributed by atoms with Crippen LogP contribution in [0.25, 0.3) is 0 Å². The lowest BCUT2D eigenvalue weighted by Crippen LogP contribution is -2.20. The van der Waals surface area contributed by atoms with Crippen molar-refractivity contribution in [1.29, 1.82) is 0 Å². The van der Waals surface area contributed by atoms with Crippen LogP contribution < -0.4 is 10.5 Å². The molecular weight excluding hydrogens is 301 g/mol. The number of aromatic nitrogens is 2. The highest BCUT2D eigenvalue weighted by Gasteiger charge is 2.19. The van der Waals surface area contributed by atoms with Gasteiger partial charge in [0, 0.05) is 5.56 Å². The molecule has 0 saturated carbocycles. The Kier molecular flexibility index (Phi) is 3.80. The number of hydrogen-bond acceptors (Lipinski definition) is 5. The summed E-state index contributed by atoms with van der Waals surface area (Å²) in [4.78, 5) is 6.35. The lowest BCUT2D eigenvalue weighted by Gasteiger charge is -2.10. The largest absolute Gasteiger partial charge is 0.409 e. The van der Waals surface area contributed by atoms with Gasteiger partial charge in [-0.3, -0.25) is 4.72 Å². The van der Waals surface area contributed by atoms with Gasteiger partial charge in [-0.15, -0.1) is 0 Å². The first-order valence-corrected chi connectivity index (χ1v) is 7.13. The summed E-state index contributed by atoms with van der Waals surface area (Å²) in [5, 5.41) is 11.3. The van der Waals surface area contributed by atoms with Gasteiger partial charge in [-0.05, 0) is 25.1 Å². The zero-order valence-corrected chi connectivity index (χ0v) is 11.6. The van der Waals surface area contributed by atoms with Crippen LogP contribution in [-0.2, 0) is 10.0 Å². The van der Waals surface area contributed by atoms with E-state index in [-0.39, 0.29) is 16.3 Å². The van der Waals surface area contributed by atoms with E-state index in [9.17, 15) is 12.8 Å². The van der Waals surface area contributed by atoms with E-state index in [0.29, 0.717) is 5.82 Å². The van der Waals surface area contributed by atoms with E-state index in [0.717, 1.165) is 18.3 Å². The molecule has 112 valence electrons. The highest BCUT2D eigenvalue weighted by Crippen LogP contribution is 2.20. The molecule has 1 heterocycles. The Morgan fingerprint density at radius 2 is 2.24 bits per heavy atom. The number of sulfonamides is 1. The first-order valence-electron chi connectivity index (χ1n) is 5.65. The molecule has 0 saturated heterocycles. The molecule has 2 rings (SSSR count). The van der Waals surface area contributed by atoms with Crippen LogP contribution in [0.3, 0.4) is 0 Å². The average Bonchev–Trinajstić information content (AvgIpc) is 2.87. The van der Waals surface area contributed by atoms with Crippen LogP contribution in [0.2, 0.25) is 0 Å². The summed E-state index contributed by atoms with van der Waals surface area (Å²) in [6.45, 7) is 1.60. The molecule has 10 heteroatoms. The van der Waals surface area contributed by atoms with Crippen LogP contribution in [-0.4, -0.2) is 29.4 Å². The summed E-state index contributed by atoms with van der Waals surface area (Å²) in [5.41, 5.74) is 5.29. The van der Waals surface area contributed by atoms with Crippen LogP contribution in [0.1, 0.15) is 11.4 Å². The molecule has 0 aliphatic heterocycles. The summed E-state index contributed by atoms with van der Waals surface area (Å²) < 4.78 is 39.7. The second-order valence-electron chi connectivity index (χ2n) is 4.11. The van der Waals surface area contributed by atoms with Crippen molar-refractivity contribution in [1.82, 2.24) is 9.97 Å². The van der Waals surface area contributed by atoms with Crippen molar-refractivity contribution in [3.63, 3.8) is 0 Å². The van der Waals surface area contributed by atoms with Crippen molar-refractivity contribution >= 4 is 21.5 Å². The maximum atomic E-state index is 13.2. The molecule has 8 nitrogen and oxygen atoms in total. The Balaban J connectivity index is 2.44. The number of benzene rings is 1. The fourth-order valence-electron chi connectivity index (χ4n) is 1.61. The van der Waals surface area contributed by atoms with E-state index >= 15 is 0 Å². The van der Waals surface area contributed by atoms with Gasteiger partial charge >= 0.3 is 0 Å². The molecule has 0 bridgehead atoms. The predicted octanol–water partition coefficient (Wildman–Crippen LogP) is 0.753. The Labute approximate surface area is 119 Å². The van der Waals surface area contributed by atoms with Crippen molar-refractivity contribution in [3.8, 4) is 0 Å². The smallest absolute Gasteiger partial charge is 0.279 e. The Hall–Kier alpha value is -2.62. The normalized spacial score (nSPS) is 12.4. The van der Waals surface area contributed by atoms with Gasteiger partial charge < -0.3 is 15.9 Å². The third-order valence-electron chi connectivity index (χ3n) is 2.58. The zero-order chi connectivity index (χ0) is 15.6. The molecule has 0 amide bonds. The minimum Gasteiger partial charge on any atom is -0.409 e. The summed E-state index contributed by atoms with van der Waals surface area (Å²) in [6, 6.07) is 3.17. The third kappa shape index (κ3) is 3.11. The highest BCUT2D eigenvalue weighted by atomic mass is 32.2. The molecule has 0 fully saturated rings. The number of halogens is 1. The number of aryl methyl sites for hydroxylation is 1. The summed E-state index contributed by atoms with van der Waals surface area (Å²) in [7, 11) is -3.95. The van der Waals surface area contributed by atoms with Crippen LogP contribution in [0, 0.1) is 12.7 Å². The number of anilines is 1. The average molecular weight is 313 g/mol. The molecule has 1 aromatic carbocycles. The van der Waals surface area contributed by atoms with Gasteiger partial charge in [0.1, 0.15) is 11.6 Å². The van der Waals surface area contributed by atoms with E-state index in [1.165, 1.54) is 6.07 Å². The minimum atomic E-state index is -3.95. The van der Waals surface area contributed by atoms with E-state index < -0.39 is 21.7 Å². The van der Waals surface area contributed by atoms with Crippen molar-refractivity contribution in [2.75, 3.05) is 4.72 Å². The fourth-order valence-corrected chi connectivity index (χ4v) is 2.66. The summed E-state index contributed by atoms with van der Waals surface area (Å²) in [6.07, 6.45) is 1.14. The molecule has 0 spiro atoms. The standard InChI is InChI=1S/C11H12FN5O3S/c1-6-14-5-10(15-6)21(19,20)17-9-3-2-7(12)4-8(9)11(13)16-18/h2-5,17-18H,1H3,(H2,13,16)(H,14,15). The number of oxime groups is 1.